The van der Waals surface area contributed by atoms with Crippen molar-refractivity contribution in [3.05, 3.63) is 59.4 Å². The Labute approximate surface area is 158 Å². The lowest BCUT2D eigenvalue weighted by Crippen LogP contribution is -2.39. The minimum absolute atomic E-state index is 0. The van der Waals surface area contributed by atoms with Crippen LogP contribution in [0.2, 0.25) is 5.02 Å². The van der Waals surface area contributed by atoms with Gasteiger partial charge in [-0.3, -0.25) is 9.98 Å². The molecular weight excluding hydrogens is 427 g/mol. The van der Waals surface area contributed by atoms with Gasteiger partial charge in [0.15, 0.2) is 5.96 Å². The number of hydrogen-bond donors (Lipinski definition) is 2. The molecule has 0 saturated heterocycles. The van der Waals surface area contributed by atoms with Gasteiger partial charge in [-0.15, -0.1) is 24.0 Å². The molecule has 0 unspecified atom stereocenters. The summed E-state index contributed by atoms with van der Waals surface area (Å²) < 4.78 is 5.60. The molecule has 0 aliphatic heterocycles. The van der Waals surface area contributed by atoms with Crippen LogP contribution in [0.1, 0.15) is 5.69 Å². The van der Waals surface area contributed by atoms with Crippen molar-refractivity contribution in [2.24, 2.45) is 4.99 Å². The minimum Gasteiger partial charge on any atom is -0.492 e. The highest BCUT2D eigenvalue weighted by molar-refractivity contribution is 14.0. The van der Waals surface area contributed by atoms with Gasteiger partial charge in [-0.2, -0.15) is 0 Å². The van der Waals surface area contributed by atoms with E-state index in [1.54, 1.807) is 19.3 Å². The van der Waals surface area contributed by atoms with Gasteiger partial charge in [0.25, 0.3) is 0 Å². The summed E-state index contributed by atoms with van der Waals surface area (Å²) in [4.78, 5) is 8.40. The van der Waals surface area contributed by atoms with E-state index >= 15 is 0 Å². The second-order valence-corrected chi connectivity index (χ2v) is 4.92. The lowest BCUT2D eigenvalue weighted by Gasteiger charge is -2.12. The maximum absolute atomic E-state index is 5.90. The third-order valence-corrected chi connectivity index (χ3v) is 3.08. The Bertz CT molecular complexity index is 610. The van der Waals surface area contributed by atoms with Crippen LogP contribution in [0.5, 0.6) is 5.75 Å². The van der Waals surface area contributed by atoms with Crippen LogP contribution < -0.4 is 15.4 Å². The molecule has 0 aliphatic rings. The van der Waals surface area contributed by atoms with Gasteiger partial charge >= 0.3 is 0 Å². The second kappa shape index (κ2) is 11.1. The molecule has 0 fully saturated rings. The average Bonchev–Trinajstić information content (AvgIpc) is 2.55. The van der Waals surface area contributed by atoms with Gasteiger partial charge in [-0.1, -0.05) is 23.7 Å². The first kappa shape index (κ1) is 19.5. The van der Waals surface area contributed by atoms with Crippen LogP contribution in [0, 0.1) is 0 Å². The fourth-order valence-corrected chi connectivity index (χ4v) is 1.97. The first-order valence-electron chi connectivity index (χ1n) is 7.01. The molecule has 23 heavy (non-hydrogen) atoms. The Morgan fingerprint density at radius 3 is 2.78 bits per heavy atom. The van der Waals surface area contributed by atoms with E-state index in [9.17, 15) is 0 Å². The monoisotopic (exact) mass is 446 g/mol. The molecule has 0 bridgehead atoms. The SMILES string of the molecule is CN=C(NCCOc1cccc(Cl)c1)NCc1ccccn1.I. The maximum atomic E-state index is 5.90. The molecule has 0 aliphatic carbocycles. The number of rotatable bonds is 6. The lowest BCUT2D eigenvalue weighted by atomic mass is 10.3. The fourth-order valence-electron chi connectivity index (χ4n) is 1.79. The molecule has 0 saturated carbocycles. The van der Waals surface area contributed by atoms with Crippen LogP contribution >= 0.6 is 35.6 Å². The summed E-state index contributed by atoms with van der Waals surface area (Å²) in [6, 6.07) is 13.1. The number of halogens is 2. The lowest BCUT2D eigenvalue weighted by molar-refractivity contribution is 0.322. The molecule has 1 aromatic heterocycles. The summed E-state index contributed by atoms with van der Waals surface area (Å²) >= 11 is 5.90. The molecule has 124 valence electrons. The molecule has 2 aromatic rings. The Balaban J connectivity index is 0.00000264. The number of pyridine rings is 1. The Hall–Kier alpha value is -1.54. The van der Waals surface area contributed by atoms with Gasteiger partial charge in [-0.05, 0) is 30.3 Å². The predicted octanol–water partition coefficient (Wildman–Crippen LogP) is 3.10. The number of aliphatic imine (C=N–C) groups is 1. The summed E-state index contributed by atoms with van der Waals surface area (Å²) in [6.45, 7) is 1.77. The fraction of sp³-hybridized carbons (Fsp3) is 0.250. The molecule has 2 rings (SSSR count). The first-order valence-corrected chi connectivity index (χ1v) is 7.38. The van der Waals surface area contributed by atoms with Crippen molar-refractivity contribution in [2.75, 3.05) is 20.2 Å². The van der Waals surface area contributed by atoms with Crippen molar-refractivity contribution in [1.82, 2.24) is 15.6 Å². The van der Waals surface area contributed by atoms with Gasteiger partial charge in [0.2, 0.25) is 0 Å². The van der Waals surface area contributed by atoms with E-state index in [0.717, 1.165) is 11.4 Å². The standard InChI is InChI=1S/C16H19ClN4O.HI/c1-18-16(21-12-14-6-2-3-8-19-14)20-9-10-22-15-7-4-5-13(17)11-15;/h2-8,11H,9-10,12H2,1H3,(H2,18,20,21);1H. The van der Waals surface area contributed by atoms with Crippen LogP contribution in [0.15, 0.2) is 53.7 Å². The maximum Gasteiger partial charge on any atom is 0.191 e. The number of ether oxygens (including phenoxy) is 1. The number of nitrogens with one attached hydrogen (secondary N) is 2. The summed E-state index contributed by atoms with van der Waals surface area (Å²) in [5.74, 6) is 1.46. The number of nitrogens with zero attached hydrogens (tertiary/aromatic N) is 2. The molecule has 7 heteroatoms. The first-order chi connectivity index (χ1) is 10.8. The summed E-state index contributed by atoms with van der Waals surface area (Å²) in [7, 11) is 1.73. The van der Waals surface area contributed by atoms with Crippen molar-refractivity contribution in [3.63, 3.8) is 0 Å². The van der Waals surface area contributed by atoms with Crippen LogP contribution in [0.3, 0.4) is 0 Å². The number of guanidine groups is 1. The Morgan fingerprint density at radius 1 is 1.22 bits per heavy atom. The summed E-state index contributed by atoms with van der Waals surface area (Å²) in [6.07, 6.45) is 1.77. The van der Waals surface area contributed by atoms with Crippen molar-refractivity contribution in [2.45, 2.75) is 6.54 Å². The second-order valence-electron chi connectivity index (χ2n) is 4.48. The van der Waals surface area contributed by atoms with Gasteiger partial charge in [-0.25, -0.2) is 0 Å². The van der Waals surface area contributed by atoms with E-state index in [-0.39, 0.29) is 24.0 Å². The highest BCUT2D eigenvalue weighted by Gasteiger charge is 1.99. The third kappa shape index (κ3) is 7.51. The normalized spacial score (nSPS) is 10.6. The molecule has 2 N–H and O–H groups in total. The van der Waals surface area contributed by atoms with E-state index in [2.05, 4.69) is 20.6 Å². The van der Waals surface area contributed by atoms with Crippen LogP contribution in [-0.2, 0) is 6.54 Å². The van der Waals surface area contributed by atoms with E-state index in [1.807, 2.05) is 36.4 Å². The molecule has 5 nitrogen and oxygen atoms in total. The van der Waals surface area contributed by atoms with Crippen LogP contribution in [-0.4, -0.2) is 31.1 Å². The minimum atomic E-state index is 0. The van der Waals surface area contributed by atoms with Gasteiger partial charge < -0.3 is 15.4 Å². The predicted molar refractivity (Wildman–Crippen MR) is 105 cm³/mol. The zero-order chi connectivity index (χ0) is 15.6. The number of aromatic nitrogens is 1. The molecular formula is C16H20ClIN4O. The number of benzene rings is 1. The van der Waals surface area contributed by atoms with Gasteiger partial charge in [0.1, 0.15) is 12.4 Å². The molecule has 0 radical (unpaired) electrons. The topological polar surface area (TPSA) is 58.5 Å². The highest BCUT2D eigenvalue weighted by Crippen LogP contribution is 2.16. The van der Waals surface area contributed by atoms with E-state index < -0.39 is 0 Å². The van der Waals surface area contributed by atoms with E-state index in [4.69, 9.17) is 16.3 Å². The summed E-state index contributed by atoms with van der Waals surface area (Å²) in [5.41, 5.74) is 0.959. The van der Waals surface area contributed by atoms with Crippen molar-refractivity contribution < 1.29 is 4.74 Å². The van der Waals surface area contributed by atoms with Crippen LogP contribution in [0.25, 0.3) is 0 Å². The molecule has 1 aromatic carbocycles. The van der Waals surface area contributed by atoms with Crippen molar-refractivity contribution in [3.8, 4) is 5.75 Å². The van der Waals surface area contributed by atoms with Gasteiger partial charge in [0.05, 0.1) is 18.8 Å². The molecule has 0 amide bonds. The highest BCUT2D eigenvalue weighted by atomic mass is 127. The molecule has 0 atom stereocenters. The Kier molecular flexibility index (Phi) is 9.39. The zero-order valence-electron chi connectivity index (χ0n) is 12.8. The van der Waals surface area contributed by atoms with Crippen molar-refractivity contribution in [1.29, 1.82) is 0 Å². The smallest absolute Gasteiger partial charge is 0.191 e. The largest absolute Gasteiger partial charge is 0.492 e. The molecule has 1 heterocycles. The van der Waals surface area contributed by atoms with Crippen molar-refractivity contribution >= 4 is 41.5 Å². The van der Waals surface area contributed by atoms with Crippen LogP contribution in [0.4, 0.5) is 0 Å². The van der Waals surface area contributed by atoms with Gasteiger partial charge in [0, 0.05) is 18.3 Å². The summed E-state index contributed by atoms with van der Waals surface area (Å²) in [5, 5.41) is 7.04. The zero-order valence-corrected chi connectivity index (χ0v) is 15.9. The quantitative estimate of drug-likeness (QED) is 0.310. The molecule has 0 spiro atoms. The third-order valence-electron chi connectivity index (χ3n) is 2.85. The van der Waals surface area contributed by atoms with E-state index in [1.165, 1.54) is 0 Å². The van der Waals surface area contributed by atoms with E-state index in [0.29, 0.717) is 30.7 Å². The average molecular weight is 447 g/mol. The number of hydrogen-bond acceptors (Lipinski definition) is 3. The Morgan fingerprint density at radius 2 is 2.09 bits per heavy atom.